The van der Waals surface area contributed by atoms with Crippen LogP contribution < -0.4 is 5.32 Å². The molecular formula is C18H33N3O3S. The van der Waals surface area contributed by atoms with Crippen molar-refractivity contribution >= 4 is 28.8 Å². The highest BCUT2D eigenvalue weighted by Gasteiger charge is 2.22. The van der Waals surface area contributed by atoms with Gasteiger partial charge in [0.05, 0.1) is 0 Å². The fourth-order valence-corrected chi connectivity index (χ4v) is 3.75. The van der Waals surface area contributed by atoms with Crippen LogP contribution >= 0.6 is 11.8 Å². The maximum atomic E-state index is 12.6. The Morgan fingerprint density at radius 2 is 1.76 bits per heavy atom. The summed E-state index contributed by atoms with van der Waals surface area (Å²) in [6, 6.07) is -0.775. The molecule has 6 nitrogen and oxygen atoms in total. The van der Waals surface area contributed by atoms with Crippen molar-refractivity contribution in [2.45, 2.75) is 58.4 Å². The van der Waals surface area contributed by atoms with Crippen LogP contribution in [0, 0.1) is 5.92 Å². The standard InChI is InChI=1S/C18H33N3O3S/c1-14(17(23)20(3)4)19-18(24)21(12-13-25-15(2)22)11-10-16-8-6-5-7-9-16/h14,16H,5-13H2,1-4H3,(H,19,24)/t14-/m0/s1. The van der Waals surface area contributed by atoms with E-state index in [1.54, 1.807) is 25.9 Å². The molecule has 1 aliphatic carbocycles. The van der Waals surface area contributed by atoms with Crippen LogP contribution in [-0.2, 0) is 9.59 Å². The van der Waals surface area contributed by atoms with Gasteiger partial charge in [0.1, 0.15) is 6.04 Å². The van der Waals surface area contributed by atoms with Crippen LogP contribution in [-0.4, -0.2) is 65.8 Å². The van der Waals surface area contributed by atoms with Crippen LogP contribution in [0.5, 0.6) is 0 Å². The number of hydrogen-bond acceptors (Lipinski definition) is 4. The number of likely N-dealkylation sites (N-methyl/N-ethyl adjacent to an activating group) is 1. The number of nitrogens with one attached hydrogen (secondary N) is 1. The molecule has 0 aliphatic heterocycles. The van der Waals surface area contributed by atoms with E-state index in [2.05, 4.69) is 5.32 Å². The molecule has 25 heavy (non-hydrogen) atoms. The van der Waals surface area contributed by atoms with Gasteiger partial charge in [0.2, 0.25) is 5.91 Å². The number of carbonyl (C=O) groups is 3. The van der Waals surface area contributed by atoms with E-state index in [0.29, 0.717) is 24.8 Å². The maximum absolute atomic E-state index is 12.6. The van der Waals surface area contributed by atoms with Crippen LogP contribution in [0.15, 0.2) is 0 Å². The highest BCUT2D eigenvalue weighted by molar-refractivity contribution is 8.13. The highest BCUT2D eigenvalue weighted by Crippen LogP contribution is 2.26. The van der Waals surface area contributed by atoms with E-state index < -0.39 is 6.04 Å². The molecule has 1 rings (SSSR count). The Balaban J connectivity index is 2.56. The first-order chi connectivity index (χ1) is 11.8. The zero-order valence-electron chi connectivity index (χ0n) is 16.0. The maximum Gasteiger partial charge on any atom is 0.318 e. The Morgan fingerprint density at radius 3 is 2.32 bits per heavy atom. The second-order valence-electron chi connectivity index (χ2n) is 7.02. The zero-order chi connectivity index (χ0) is 18.8. The number of nitrogens with zero attached hydrogens (tertiary/aromatic N) is 2. The molecule has 1 atom stereocenters. The number of rotatable bonds is 8. The van der Waals surface area contributed by atoms with Crippen molar-refractivity contribution in [1.82, 2.24) is 15.1 Å². The molecule has 0 aromatic rings. The van der Waals surface area contributed by atoms with E-state index in [0.717, 1.165) is 6.42 Å². The van der Waals surface area contributed by atoms with Gasteiger partial charge in [-0.1, -0.05) is 43.9 Å². The number of hydrogen-bond donors (Lipinski definition) is 1. The van der Waals surface area contributed by atoms with Crippen molar-refractivity contribution in [2.75, 3.05) is 32.9 Å². The van der Waals surface area contributed by atoms with Crippen molar-refractivity contribution in [3.63, 3.8) is 0 Å². The second-order valence-corrected chi connectivity index (χ2v) is 8.30. The Bertz CT molecular complexity index is 451. The van der Waals surface area contributed by atoms with E-state index in [-0.39, 0.29) is 17.1 Å². The van der Waals surface area contributed by atoms with Gasteiger partial charge < -0.3 is 15.1 Å². The molecule has 0 spiro atoms. The predicted octanol–water partition coefficient (Wildman–Crippen LogP) is 2.72. The molecular weight excluding hydrogens is 338 g/mol. The van der Waals surface area contributed by atoms with Crippen molar-refractivity contribution < 1.29 is 14.4 Å². The largest absolute Gasteiger partial charge is 0.347 e. The van der Waals surface area contributed by atoms with Crippen LogP contribution in [0.1, 0.15) is 52.4 Å². The van der Waals surface area contributed by atoms with Crippen LogP contribution in [0.3, 0.4) is 0 Å². The number of amides is 3. The normalized spacial score (nSPS) is 16.2. The van der Waals surface area contributed by atoms with Gasteiger partial charge in [0.25, 0.3) is 0 Å². The summed E-state index contributed by atoms with van der Waals surface area (Å²) >= 11 is 1.23. The molecule has 0 saturated heterocycles. The second kappa shape index (κ2) is 11.4. The summed E-state index contributed by atoms with van der Waals surface area (Å²) in [6.45, 7) is 4.43. The predicted molar refractivity (Wildman–Crippen MR) is 103 cm³/mol. The van der Waals surface area contributed by atoms with Gasteiger partial charge in [-0.15, -0.1) is 0 Å². The van der Waals surface area contributed by atoms with Gasteiger partial charge in [0.15, 0.2) is 5.12 Å². The first-order valence-electron chi connectivity index (χ1n) is 9.21. The lowest BCUT2D eigenvalue weighted by Crippen LogP contribution is -2.50. The quantitative estimate of drug-likeness (QED) is 0.712. The molecule has 0 aromatic carbocycles. The number of thioether (sulfide) groups is 1. The molecule has 1 aliphatic rings. The molecule has 1 saturated carbocycles. The third-order valence-electron chi connectivity index (χ3n) is 4.64. The molecule has 1 N–H and O–H groups in total. The molecule has 3 amide bonds. The van der Waals surface area contributed by atoms with Gasteiger partial charge in [-0.2, -0.15) is 0 Å². The van der Waals surface area contributed by atoms with Crippen LogP contribution in [0.2, 0.25) is 0 Å². The van der Waals surface area contributed by atoms with Crippen molar-refractivity contribution in [2.24, 2.45) is 5.92 Å². The third kappa shape index (κ3) is 8.61. The van der Waals surface area contributed by atoms with Crippen molar-refractivity contribution in [3.8, 4) is 0 Å². The molecule has 7 heteroatoms. The average Bonchev–Trinajstić information content (AvgIpc) is 2.57. The fraction of sp³-hybridized carbons (Fsp3) is 0.833. The van der Waals surface area contributed by atoms with E-state index >= 15 is 0 Å². The molecule has 0 radical (unpaired) electrons. The summed E-state index contributed by atoms with van der Waals surface area (Å²) in [5.41, 5.74) is 0. The number of urea groups is 1. The first kappa shape index (κ1) is 21.8. The first-order valence-corrected chi connectivity index (χ1v) is 10.2. The minimum atomic E-state index is -0.555. The lowest BCUT2D eigenvalue weighted by molar-refractivity contribution is -0.130. The van der Waals surface area contributed by atoms with Crippen LogP contribution in [0.25, 0.3) is 0 Å². The minimum Gasteiger partial charge on any atom is -0.347 e. The monoisotopic (exact) mass is 371 g/mol. The summed E-state index contributed by atoms with van der Waals surface area (Å²) in [6.07, 6.45) is 7.37. The Morgan fingerprint density at radius 1 is 1.12 bits per heavy atom. The third-order valence-corrected chi connectivity index (χ3v) is 5.43. The van der Waals surface area contributed by atoms with Gasteiger partial charge >= 0.3 is 6.03 Å². The topological polar surface area (TPSA) is 69.7 Å². The average molecular weight is 372 g/mol. The number of carbonyl (C=O) groups excluding carboxylic acids is 3. The summed E-state index contributed by atoms with van der Waals surface area (Å²) in [4.78, 5) is 38.9. The summed E-state index contributed by atoms with van der Waals surface area (Å²) in [5.74, 6) is 1.15. The summed E-state index contributed by atoms with van der Waals surface area (Å²) in [5, 5.41) is 2.85. The van der Waals surface area contributed by atoms with Gasteiger partial charge in [-0.05, 0) is 19.3 Å². The van der Waals surface area contributed by atoms with E-state index in [1.807, 2.05) is 0 Å². The van der Waals surface area contributed by atoms with E-state index in [1.165, 1.54) is 55.7 Å². The molecule has 0 unspecified atom stereocenters. The smallest absolute Gasteiger partial charge is 0.318 e. The van der Waals surface area contributed by atoms with Gasteiger partial charge in [-0.25, -0.2) is 4.79 Å². The minimum absolute atomic E-state index is 0.0591. The van der Waals surface area contributed by atoms with E-state index in [9.17, 15) is 14.4 Å². The Kier molecular flexibility index (Phi) is 9.93. The van der Waals surface area contributed by atoms with Gasteiger partial charge in [-0.3, -0.25) is 9.59 Å². The van der Waals surface area contributed by atoms with Crippen molar-refractivity contribution in [3.05, 3.63) is 0 Å². The molecule has 0 bridgehead atoms. The molecule has 0 heterocycles. The van der Waals surface area contributed by atoms with E-state index in [4.69, 9.17) is 0 Å². The van der Waals surface area contributed by atoms with Crippen LogP contribution in [0.4, 0.5) is 4.79 Å². The zero-order valence-corrected chi connectivity index (χ0v) is 16.9. The molecule has 1 fully saturated rings. The van der Waals surface area contributed by atoms with Crippen molar-refractivity contribution in [1.29, 1.82) is 0 Å². The Hall–Kier alpha value is -1.24. The lowest BCUT2D eigenvalue weighted by Gasteiger charge is -2.28. The Labute approximate surface area is 156 Å². The summed E-state index contributed by atoms with van der Waals surface area (Å²) in [7, 11) is 3.35. The summed E-state index contributed by atoms with van der Waals surface area (Å²) < 4.78 is 0. The molecule has 144 valence electrons. The SMILES string of the molecule is CC(=O)SCCN(CCC1CCCCC1)C(=O)N[C@@H](C)C(=O)N(C)C. The van der Waals surface area contributed by atoms with Gasteiger partial charge in [0, 0.05) is 39.9 Å². The fourth-order valence-electron chi connectivity index (χ4n) is 3.15. The lowest BCUT2D eigenvalue weighted by atomic mass is 9.87. The highest BCUT2D eigenvalue weighted by atomic mass is 32.2. The molecule has 0 aromatic heterocycles.